The van der Waals surface area contributed by atoms with E-state index in [1.165, 1.54) is 7.11 Å². The summed E-state index contributed by atoms with van der Waals surface area (Å²) in [4.78, 5) is 13.1. The highest BCUT2D eigenvalue weighted by Crippen LogP contribution is 2.07. The standard InChI is InChI=1S/C8H16N2O2/c1-3-10-5-4-7(6-10)9-8(11)12-2/h7H,3-6H2,1-2H3,(H,9,11)/t7-/m0/s1. The van der Waals surface area contributed by atoms with E-state index in [1.807, 2.05) is 0 Å². The number of hydrogen-bond acceptors (Lipinski definition) is 3. The molecule has 0 aromatic heterocycles. The molecule has 1 amide bonds. The number of amides is 1. The number of ether oxygens (including phenoxy) is 1. The molecule has 1 atom stereocenters. The minimum absolute atomic E-state index is 0.275. The third-order valence-electron chi connectivity index (χ3n) is 2.23. The van der Waals surface area contributed by atoms with Gasteiger partial charge < -0.3 is 15.0 Å². The summed E-state index contributed by atoms with van der Waals surface area (Å²) in [5.41, 5.74) is 0. The number of rotatable bonds is 2. The zero-order chi connectivity index (χ0) is 8.97. The Hall–Kier alpha value is -0.770. The average molecular weight is 172 g/mol. The minimum Gasteiger partial charge on any atom is -0.453 e. The highest BCUT2D eigenvalue weighted by Gasteiger charge is 2.22. The van der Waals surface area contributed by atoms with E-state index in [4.69, 9.17) is 0 Å². The highest BCUT2D eigenvalue weighted by molar-refractivity contribution is 5.67. The fourth-order valence-electron chi connectivity index (χ4n) is 1.46. The van der Waals surface area contributed by atoms with Crippen LogP contribution in [0.2, 0.25) is 0 Å². The normalized spacial score (nSPS) is 24.0. The molecule has 1 rings (SSSR count). The monoisotopic (exact) mass is 172 g/mol. The summed E-state index contributed by atoms with van der Waals surface area (Å²) >= 11 is 0. The molecule has 0 unspecified atom stereocenters. The quantitative estimate of drug-likeness (QED) is 0.657. The molecule has 1 aliphatic heterocycles. The zero-order valence-corrected chi connectivity index (χ0v) is 7.67. The maximum atomic E-state index is 10.8. The van der Waals surface area contributed by atoms with Gasteiger partial charge in [0.25, 0.3) is 0 Å². The summed E-state index contributed by atoms with van der Waals surface area (Å²) < 4.78 is 4.51. The smallest absolute Gasteiger partial charge is 0.407 e. The second kappa shape index (κ2) is 4.30. The van der Waals surface area contributed by atoms with E-state index in [-0.39, 0.29) is 12.1 Å². The maximum Gasteiger partial charge on any atom is 0.407 e. The van der Waals surface area contributed by atoms with E-state index < -0.39 is 0 Å². The van der Waals surface area contributed by atoms with Crippen LogP contribution in [0.25, 0.3) is 0 Å². The number of likely N-dealkylation sites (N-methyl/N-ethyl adjacent to an activating group) is 1. The molecule has 0 aromatic rings. The number of alkyl carbamates (subject to hydrolysis) is 1. The van der Waals surface area contributed by atoms with Crippen LogP contribution in [0.5, 0.6) is 0 Å². The summed E-state index contributed by atoms with van der Waals surface area (Å²) in [5, 5.41) is 2.79. The van der Waals surface area contributed by atoms with Gasteiger partial charge in [-0.1, -0.05) is 6.92 Å². The van der Waals surface area contributed by atoms with Crippen molar-refractivity contribution in [2.24, 2.45) is 0 Å². The second-order valence-corrected chi connectivity index (χ2v) is 3.01. The summed E-state index contributed by atoms with van der Waals surface area (Å²) in [6, 6.07) is 0.275. The molecular weight excluding hydrogens is 156 g/mol. The van der Waals surface area contributed by atoms with Gasteiger partial charge in [-0.05, 0) is 13.0 Å². The average Bonchev–Trinajstić information content (AvgIpc) is 2.52. The number of nitrogens with one attached hydrogen (secondary N) is 1. The van der Waals surface area contributed by atoms with Gasteiger partial charge in [-0.2, -0.15) is 0 Å². The van der Waals surface area contributed by atoms with E-state index in [1.54, 1.807) is 0 Å². The van der Waals surface area contributed by atoms with Crippen LogP contribution >= 0.6 is 0 Å². The van der Waals surface area contributed by atoms with Crippen molar-refractivity contribution < 1.29 is 9.53 Å². The predicted octanol–water partition coefficient (Wildman–Crippen LogP) is 0.437. The van der Waals surface area contributed by atoms with Gasteiger partial charge in [0.05, 0.1) is 7.11 Å². The van der Waals surface area contributed by atoms with E-state index in [0.29, 0.717) is 0 Å². The van der Waals surface area contributed by atoms with Crippen LogP contribution in [-0.4, -0.2) is 43.8 Å². The first-order chi connectivity index (χ1) is 5.76. The van der Waals surface area contributed by atoms with Gasteiger partial charge in [0.2, 0.25) is 0 Å². The maximum absolute atomic E-state index is 10.8. The van der Waals surface area contributed by atoms with Gasteiger partial charge >= 0.3 is 6.09 Å². The van der Waals surface area contributed by atoms with Crippen molar-refractivity contribution in [1.29, 1.82) is 0 Å². The minimum atomic E-state index is -0.321. The van der Waals surface area contributed by atoms with Crippen LogP contribution in [0, 0.1) is 0 Å². The molecule has 0 aliphatic carbocycles. The number of carbonyl (C=O) groups is 1. The van der Waals surface area contributed by atoms with Crippen molar-refractivity contribution in [1.82, 2.24) is 10.2 Å². The lowest BCUT2D eigenvalue weighted by molar-refractivity contribution is 0.166. The summed E-state index contributed by atoms with van der Waals surface area (Å²) in [5.74, 6) is 0. The number of methoxy groups -OCH3 is 1. The van der Waals surface area contributed by atoms with Gasteiger partial charge in [0.1, 0.15) is 0 Å². The molecule has 0 bridgehead atoms. The fraction of sp³-hybridized carbons (Fsp3) is 0.875. The first-order valence-corrected chi connectivity index (χ1v) is 4.33. The Labute approximate surface area is 72.9 Å². The van der Waals surface area contributed by atoms with Crippen LogP contribution in [0.15, 0.2) is 0 Å². The molecule has 0 aromatic carbocycles. The molecule has 4 heteroatoms. The molecule has 0 spiro atoms. The number of nitrogens with zero attached hydrogens (tertiary/aromatic N) is 1. The Morgan fingerprint density at radius 2 is 2.50 bits per heavy atom. The Kier molecular flexibility index (Phi) is 3.34. The van der Waals surface area contributed by atoms with Crippen LogP contribution in [-0.2, 0) is 4.74 Å². The Morgan fingerprint density at radius 1 is 1.75 bits per heavy atom. The van der Waals surface area contributed by atoms with E-state index in [9.17, 15) is 4.79 Å². The predicted molar refractivity (Wildman–Crippen MR) is 46.1 cm³/mol. The van der Waals surface area contributed by atoms with Crippen molar-refractivity contribution in [2.75, 3.05) is 26.7 Å². The van der Waals surface area contributed by atoms with E-state index >= 15 is 0 Å². The topological polar surface area (TPSA) is 41.6 Å². The molecule has 1 aliphatic rings. The van der Waals surface area contributed by atoms with Gasteiger partial charge in [-0.15, -0.1) is 0 Å². The van der Waals surface area contributed by atoms with Crippen molar-refractivity contribution in [2.45, 2.75) is 19.4 Å². The fourth-order valence-corrected chi connectivity index (χ4v) is 1.46. The molecule has 0 radical (unpaired) electrons. The molecular formula is C8H16N2O2. The number of hydrogen-bond donors (Lipinski definition) is 1. The van der Waals surface area contributed by atoms with Crippen LogP contribution in [0.1, 0.15) is 13.3 Å². The Morgan fingerprint density at radius 3 is 3.00 bits per heavy atom. The highest BCUT2D eigenvalue weighted by atomic mass is 16.5. The van der Waals surface area contributed by atoms with Gasteiger partial charge in [0, 0.05) is 19.1 Å². The Balaban J connectivity index is 2.23. The largest absolute Gasteiger partial charge is 0.453 e. The lowest BCUT2D eigenvalue weighted by atomic mass is 10.3. The number of likely N-dealkylation sites (tertiary alicyclic amines) is 1. The van der Waals surface area contributed by atoms with Crippen LogP contribution in [0.3, 0.4) is 0 Å². The van der Waals surface area contributed by atoms with Gasteiger partial charge in [-0.3, -0.25) is 0 Å². The first-order valence-electron chi connectivity index (χ1n) is 4.33. The lowest BCUT2D eigenvalue weighted by Crippen LogP contribution is -2.36. The van der Waals surface area contributed by atoms with Crippen LogP contribution < -0.4 is 5.32 Å². The molecule has 70 valence electrons. The SMILES string of the molecule is CCN1CC[C@H](NC(=O)OC)C1. The van der Waals surface area contributed by atoms with Crippen molar-refractivity contribution >= 4 is 6.09 Å². The Bertz CT molecular complexity index is 161. The second-order valence-electron chi connectivity index (χ2n) is 3.01. The zero-order valence-electron chi connectivity index (χ0n) is 7.67. The lowest BCUT2D eigenvalue weighted by Gasteiger charge is -2.13. The molecule has 4 nitrogen and oxygen atoms in total. The summed E-state index contributed by atoms with van der Waals surface area (Å²) in [6.07, 6.45) is 0.709. The van der Waals surface area contributed by atoms with E-state index in [0.717, 1.165) is 26.1 Å². The first kappa shape index (κ1) is 9.32. The van der Waals surface area contributed by atoms with Gasteiger partial charge in [0.15, 0.2) is 0 Å². The molecule has 12 heavy (non-hydrogen) atoms. The number of carbonyl (C=O) groups excluding carboxylic acids is 1. The molecule has 1 fully saturated rings. The van der Waals surface area contributed by atoms with Crippen molar-refractivity contribution in [3.8, 4) is 0 Å². The molecule has 0 saturated carbocycles. The molecule has 1 heterocycles. The molecule has 1 N–H and O–H groups in total. The van der Waals surface area contributed by atoms with E-state index in [2.05, 4.69) is 21.9 Å². The third-order valence-corrected chi connectivity index (χ3v) is 2.23. The summed E-state index contributed by atoms with van der Waals surface area (Å²) in [6.45, 7) is 5.20. The van der Waals surface area contributed by atoms with Crippen LogP contribution in [0.4, 0.5) is 4.79 Å². The van der Waals surface area contributed by atoms with Crippen molar-refractivity contribution in [3.05, 3.63) is 0 Å². The molecule has 1 saturated heterocycles. The third kappa shape index (κ3) is 2.37. The summed E-state index contributed by atoms with van der Waals surface area (Å²) in [7, 11) is 1.39. The van der Waals surface area contributed by atoms with Gasteiger partial charge in [-0.25, -0.2) is 4.79 Å². The van der Waals surface area contributed by atoms with Crippen molar-refractivity contribution in [3.63, 3.8) is 0 Å².